The molecule has 0 saturated heterocycles. The smallest absolute Gasteiger partial charge is 0.0847 e. The van der Waals surface area contributed by atoms with E-state index in [1.165, 1.54) is 0 Å². The van der Waals surface area contributed by atoms with Crippen molar-refractivity contribution in [1.82, 2.24) is 4.98 Å². The van der Waals surface area contributed by atoms with Gasteiger partial charge in [-0.05, 0) is 31.2 Å². The Hall–Kier alpha value is -1.58. The summed E-state index contributed by atoms with van der Waals surface area (Å²) >= 11 is 5.54. The molecule has 1 atom stereocenters. The summed E-state index contributed by atoms with van der Waals surface area (Å²) in [5.74, 6) is 0.234. The number of aliphatic hydroxyl groups excluding tert-OH is 1. The Morgan fingerprint density at radius 3 is 2.58 bits per heavy atom. The molecule has 100 valence electrons. The minimum Gasteiger partial charge on any atom is -0.390 e. The number of aliphatic hydroxyl groups is 1. The van der Waals surface area contributed by atoms with Gasteiger partial charge in [0.05, 0.1) is 17.7 Å². The Morgan fingerprint density at radius 1 is 1.21 bits per heavy atom. The van der Waals surface area contributed by atoms with E-state index in [1.54, 1.807) is 0 Å². The van der Waals surface area contributed by atoms with Gasteiger partial charge < -0.3 is 10.4 Å². The maximum atomic E-state index is 9.38. The zero-order chi connectivity index (χ0) is 13.7. The van der Waals surface area contributed by atoms with E-state index in [0.29, 0.717) is 6.54 Å². The van der Waals surface area contributed by atoms with Crippen molar-refractivity contribution in [3.63, 3.8) is 0 Å². The fourth-order valence-electron chi connectivity index (χ4n) is 1.75. The highest BCUT2D eigenvalue weighted by molar-refractivity contribution is 6.18. The fourth-order valence-corrected chi connectivity index (χ4v) is 1.86. The summed E-state index contributed by atoms with van der Waals surface area (Å²) in [5, 5.41) is 12.5. The van der Waals surface area contributed by atoms with Crippen LogP contribution in [0.15, 0.2) is 42.5 Å². The van der Waals surface area contributed by atoms with E-state index in [-0.39, 0.29) is 5.88 Å². The molecule has 2 N–H and O–H groups in total. The van der Waals surface area contributed by atoms with Gasteiger partial charge in [0.1, 0.15) is 0 Å². The molecule has 1 aromatic carbocycles. The first-order chi connectivity index (χ1) is 9.19. The van der Waals surface area contributed by atoms with E-state index in [1.807, 2.05) is 49.4 Å². The minimum atomic E-state index is -0.528. The zero-order valence-electron chi connectivity index (χ0n) is 10.8. The molecule has 0 amide bonds. The van der Waals surface area contributed by atoms with E-state index >= 15 is 0 Å². The molecule has 0 aliphatic rings. The van der Waals surface area contributed by atoms with Crippen LogP contribution in [0.4, 0.5) is 5.69 Å². The molecule has 3 nitrogen and oxygen atoms in total. The molecule has 2 aromatic rings. The lowest BCUT2D eigenvalue weighted by Gasteiger charge is -2.10. The third-order valence-electron chi connectivity index (χ3n) is 2.79. The maximum Gasteiger partial charge on any atom is 0.0847 e. The van der Waals surface area contributed by atoms with E-state index in [0.717, 1.165) is 22.6 Å². The van der Waals surface area contributed by atoms with Crippen molar-refractivity contribution in [3.8, 4) is 11.3 Å². The summed E-state index contributed by atoms with van der Waals surface area (Å²) in [7, 11) is 0. The Kier molecular flexibility index (Phi) is 4.77. The number of aryl methyl sites for hydroxylation is 1. The largest absolute Gasteiger partial charge is 0.390 e. The van der Waals surface area contributed by atoms with Crippen LogP contribution in [0.2, 0.25) is 0 Å². The molecule has 1 heterocycles. The third-order valence-corrected chi connectivity index (χ3v) is 3.15. The van der Waals surface area contributed by atoms with Gasteiger partial charge in [0.25, 0.3) is 0 Å². The quantitative estimate of drug-likeness (QED) is 0.825. The predicted molar refractivity (Wildman–Crippen MR) is 79.6 cm³/mol. The van der Waals surface area contributed by atoms with Gasteiger partial charge in [0, 0.05) is 23.5 Å². The Labute approximate surface area is 118 Å². The van der Waals surface area contributed by atoms with Gasteiger partial charge in [0.15, 0.2) is 0 Å². The number of anilines is 1. The Morgan fingerprint density at radius 2 is 1.95 bits per heavy atom. The van der Waals surface area contributed by atoms with Gasteiger partial charge in [-0.25, -0.2) is 0 Å². The molecule has 0 saturated carbocycles. The molecule has 0 aliphatic carbocycles. The number of nitrogens with zero attached hydrogens (tertiary/aromatic N) is 1. The molecule has 19 heavy (non-hydrogen) atoms. The molecule has 1 unspecified atom stereocenters. The number of rotatable bonds is 5. The maximum absolute atomic E-state index is 9.38. The molecule has 4 heteroatoms. The average Bonchev–Trinajstić information content (AvgIpc) is 2.45. The normalized spacial score (nSPS) is 12.2. The number of nitrogens with one attached hydrogen (secondary N) is 1. The van der Waals surface area contributed by atoms with Crippen molar-refractivity contribution < 1.29 is 5.11 Å². The molecule has 0 aliphatic heterocycles. The van der Waals surface area contributed by atoms with Crippen molar-refractivity contribution in [2.45, 2.75) is 13.0 Å². The average molecular weight is 277 g/mol. The SMILES string of the molecule is Cc1cccc(-c2ccc(NCC(O)CCl)cc2)n1. The van der Waals surface area contributed by atoms with Crippen molar-refractivity contribution >= 4 is 17.3 Å². The molecule has 0 bridgehead atoms. The number of aromatic nitrogens is 1. The molecule has 0 radical (unpaired) electrons. The molecule has 0 spiro atoms. The van der Waals surface area contributed by atoms with Crippen LogP contribution in [-0.4, -0.2) is 28.6 Å². The van der Waals surface area contributed by atoms with Gasteiger partial charge in [-0.15, -0.1) is 11.6 Å². The fraction of sp³-hybridized carbons (Fsp3) is 0.267. The van der Waals surface area contributed by atoms with Crippen LogP contribution in [-0.2, 0) is 0 Å². The number of pyridine rings is 1. The lowest BCUT2D eigenvalue weighted by atomic mass is 10.1. The number of halogens is 1. The molecule has 0 fully saturated rings. The second kappa shape index (κ2) is 6.55. The molecule has 2 rings (SSSR count). The number of benzene rings is 1. The first kappa shape index (κ1) is 13.8. The van der Waals surface area contributed by atoms with Crippen LogP contribution in [0.3, 0.4) is 0 Å². The molecular formula is C15H17ClN2O. The topological polar surface area (TPSA) is 45.1 Å². The number of alkyl halides is 1. The van der Waals surface area contributed by atoms with Gasteiger partial charge in [0.2, 0.25) is 0 Å². The van der Waals surface area contributed by atoms with Gasteiger partial charge in [-0.3, -0.25) is 4.98 Å². The lowest BCUT2D eigenvalue weighted by molar-refractivity contribution is 0.211. The summed E-state index contributed by atoms with van der Waals surface area (Å²) in [4.78, 5) is 4.48. The Bertz CT molecular complexity index is 528. The van der Waals surface area contributed by atoms with Gasteiger partial charge in [-0.1, -0.05) is 18.2 Å². The van der Waals surface area contributed by atoms with Crippen LogP contribution >= 0.6 is 11.6 Å². The van der Waals surface area contributed by atoms with Crippen LogP contribution in [0.1, 0.15) is 5.69 Å². The minimum absolute atomic E-state index is 0.234. The highest BCUT2D eigenvalue weighted by Gasteiger charge is 2.02. The second-order valence-corrected chi connectivity index (χ2v) is 4.74. The highest BCUT2D eigenvalue weighted by Crippen LogP contribution is 2.19. The monoisotopic (exact) mass is 276 g/mol. The summed E-state index contributed by atoms with van der Waals surface area (Å²) in [6.45, 7) is 2.43. The van der Waals surface area contributed by atoms with Crippen molar-refractivity contribution in [3.05, 3.63) is 48.2 Å². The summed E-state index contributed by atoms with van der Waals surface area (Å²) in [6, 6.07) is 13.9. The van der Waals surface area contributed by atoms with Gasteiger partial charge >= 0.3 is 0 Å². The van der Waals surface area contributed by atoms with Crippen molar-refractivity contribution in [1.29, 1.82) is 0 Å². The number of hydrogen-bond donors (Lipinski definition) is 2. The predicted octanol–water partition coefficient (Wildman–Crippen LogP) is 3.07. The highest BCUT2D eigenvalue weighted by atomic mass is 35.5. The Balaban J connectivity index is 2.06. The zero-order valence-corrected chi connectivity index (χ0v) is 11.6. The third kappa shape index (κ3) is 3.94. The van der Waals surface area contributed by atoms with Crippen molar-refractivity contribution in [2.75, 3.05) is 17.7 Å². The standard InChI is InChI=1S/C15H17ClN2O/c1-11-3-2-4-15(18-11)12-5-7-13(8-6-12)17-10-14(19)9-16/h2-8,14,17,19H,9-10H2,1H3. The van der Waals surface area contributed by atoms with Crippen LogP contribution in [0.25, 0.3) is 11.3 Å². The van der Waals surface area contributed by atoms with Crippen LogP contribution < -0.4 is 5.32 Å². The summed E-state index contributed by atoms with van der Waals surface area (Å²) in [5.41, 5.74) is 4.00. The van der Waals surface area contributed by atoms with E-state index in [4.69, 9.17) is 11.6 Å². The molecule has 1 aromatic heterocycles. The first-order valence-electron chi connectivity index (χ1n) is 6.21. The first-order valence-corrected chi connectivity index (χ1v) is 6.74. The second-order valence-electron chi connectivity index (χ2n) is 4.43. The van der Waals surface area contributed by atoms with E-state index in [9.17, 15) is 5.11 Å². The number of hydrogen-bond acceptors (Lipinski definition) is 3. The van der Waals surface area contributed by atoms with E-state index < -0.39 is 6.10 Å². The van der Waals surface area contributed by atoms with Gasteiger partial charge in [-0.2, -0.15) is 0 Å². The van der Waals surface area contributed by atoms with Crippen molar-refractivity contribution in [2.24, 2.45) is 0 Å². The summed E-state index contributed by atoms with van der Waals surface area (Å²) in [6.07, 6.45) is -0.528. The summed E-state index contributed by atoms with van der Waals surface area (Å²) < 4.78 is 0. The van der Waals surface area contributed by atoms with E-state index in [2.05, 4.69) is 10.3 Å². The van der Waals surface area contributed by atoms with Crippen LogP contribution in [0.5, 0.6) is 0 Å². The van der Waals surface area contributed by atoms with Crippen LogP contribution in [0, 0.1) is 6.92 Å². The lowest BCUT2D eigenvalue weighted by Crippen LogP contribution is -2.20. The molecular weight excluding hydrogens is 260 g/mol.